The lowest BCUT2D eigenvalue weighted by molar-refractivity contribution is -0.182. The zero-order valence-electron chi connectivity index (χ0n) is 17.1. The summed E-state index contributed by atoms with van der Waals surface area (Å²) in [6.07, 6.45) is 11.0. The van der Waals surface area contributed by atoms with E-state index in [2.05, 4.69) is 20.8 Å². The third kappa shape index (κ3) is 2.52. The number of Topliss-reactive ketones (excluding diaryl/α,β-unsaturated/α-hetero) is 1. The molecule has 0 amide bonds. The molecule has 26 heavy (non-hydrogen) atoms. The smallest absolute Gasteiger partial charge is 0.303 e. The Hall–Kier alpha value is -0.860. The molecular formula is C23H36O3. The maximum atomic E-state index is 12.5. The van der Waals surface area contributed by atoms with Crippen LogP contribution in [0.3, 0.4) is 0 Å². The summed E-state index contributed by atoms with van der Waals surface area (Å²) in [6, 6.07) is 0. The lowest BCUT2D eigenvalue weighted by Crippen LogP contribution is -2.56. The van der Waals surface area contributed by atoms with Gasteiger partial charge in [0.25, 0.3) is 0 Å². The molecule has 146 valence electrons. The van der Waals surface area contributed by atoms with Gasteiger partial charge < -0.3 is 4.74 Å². The van der Waals surface area contributed by atoms with Crippen molar-refractivity contribution in [1.82, 2.24) is 0 Å². The van der Waals surface area contributed by atoms with E-state index in [-0.39, 0.29) is 17.0 Å². The molecule has 0 N–H and O–H groups in total. The highest BCUT2D eigenvalue weighted by Crippen LogP contribution is 2.66. The monoisotopic (exact) mass is 360 g/mol. The zero-order chi connectivity index (χ0) is 18.7. The number of ketones is 1. The summed E-state index contributed by atoms with van der Waals surface area (Å²) in [7, 11) is 0. The van der Waals surface area contributed by atoms with E-state index in [0.717, 1.165) is 50.4 Å². The molecule has 7 atom stereocenters. The fourth-order valence-electron chi connectivity index (χ4n) is 7.87. The number of carbonyl (C=O) groups is 2. The first kappa shape index (κ1) is 18.5. The van der Waals surface area contributed by atoms with Gasteiger partial charge in [0.2, 0.25) is 0 Å². The predicted molar refractivity (Wildman–Crippen MR) is 102 cm³/mol. The van der Waals surface area contributed by atoms with E-state index in [1.807, 2.05) is 0 Å². The SMILES string of the molecule is CC[C@@]1(OC(C)=O)CC[C@@]2(C)[C@@H](CC[C@@H]3[C@@H]2CC[C@]2(C)C(=O)CC[C@@H]32)C1. The van der Waals surface area contributed by atoms with Crippen molar-refractivity contribution in [3.05, 3.63) is 0 Å². The van der Waals surface area contributed by atoms with Crippen LogP contribution in [0.25, 0.3) is 0 Å². The molecular weight excluding hydrogens is 324 g/mol. The van der Waals surface area contributed by atoms with Gasteiger partial charge in [-0.25, -0.2) is 0 Å². The highest BCUT2D eigenvalue weighted by Gasteiger charge is 2.61. The molecule has 4 aliphatic rings. The molecule has 0 aromatic carbocycles. The number of fused-ring (bicyclic) bond motifs is 5. The summed E-state index contributed by atoms with van der Waals surface area (Å²) < 4.78 is 5.87. The molecule has 4 rings (SSSR count). The van der Waals surface area contributed by atoms with Crippen molar-refractivity contribution >= 4 is 11.8 Å². The fraction of sp³-hybridized carbons (Fsp3) is 0.913. The molecule has 0 spiro atoms. The summed E-state index contributed by atoms with van der Waals surface area (Å²) in [6.45, 7) is 8.52. The number of hydrogen-bond donors (Lipinski definition) is 0. The predicted octanol–water partition coefficient (Wildman–Crippen LogP) is 5.31. The third-order valence-corrected chi connectivity index (χ3v) is 9.52. The second kappa shape index (κ2) is 6.07. The fourth-order valence-corrected chi connectivity index (χ4v) is 7.87. The van der Waals surface area contributed by atoms with E-state index in [0.29, 0.717) is 23.0 Å². The first-order valence-corrected chi connectivity index (χ1v) is 11.0. The number of ether oxygens (including phenoxy) is 1. The summed E-state index contributed by atoms with van der Waals surface area (Å²) in [5, 5.41) is 0. The Kier molecular flexibility index (Phi) is 4.32. The van der Waals surface area contributed by atoms with Crippen molar-refractivity contribution < 1.29 is 14.3 Å². The van der Waals surface area contributed by atoms with Crippen LogP contribution in [-0.4, -0.2) is 17.4 Å². The Bertz CT molecular complexity index is 613. The average molecular weight is 361 g/mol. The Morgan fingerprint density at radius 1 is 1.08 bits per heavy atom. The summed E-state index contributed by atoms with van der Waals surface area (Å²) in [4.78, 5) is 24.2. The summed E-state index contributed by atoms with van der Waals surface area (Å²) in [5.74, 6) is 3.21. The Morgan fingerprint density at radius 2 is 1.85 bits per heavy atom. The standard InChI is InChI=1S/C23H36O3/c1-5-23(26-15(2)24)13-12-21(3)16(14-23)6-7-17-18-8-9-20(25)22(18,4)11-10-19(17)21/h16-19H,5-14H2,1-4H3/t16-,17-,18-,19-,21-,22-,23+/m0/s1. The van der Waals surface area contributed by atoms with Crippen LogP contribution in [0.4, 0.5) is 0 Å². The van der Waals surface area contributed by atoms with Gasteiger partial charge in [0, 0.05) is 18.8 Å². The second-order valence-corrected chi connectivity index (χ2v) is 10.4. The number of esters is 1. The van der Waals surface area contributed by atoms with Gasteiger partial charge in [-0.15, -0.1) is 0 Å². The normalized spacial score (nSPS) is 50.5. The first-order chi connectivity index (χ1) is 12.2. The molecule has 3 heteroatoms. The molecule has 0 saturated heterocycles. The van der Waals surface area contributed by atoms with Crippen LogP contribution in [0.1, 0.15) is 91.9 Å². The van der Waals surface area contributed by atoms with Gasteiger partial charge in [0.1, 0.15) is 11.4 Å². The first-order valence-electron chi connectivity index (χ1n) is 11.0. The van der Waals surface area contributed by atoms with Crippen molar-refractivity contribution in [2.75, 3.05) is 0 Å². The maximum Gasteiger partial charge on any atom is 0.303 e. The molecule has 0 radical (unpaired) electrons. The van der Waals surface area contributed by atoms with Crippen molar-refractivity contribution in [2.45, 2.75) is 97.5 Å². The van der Waals surface area contributed by atoms with Crippen LogP contribution in [0.5, 0.6) is 0 Å². The van der Waals surface area contributed by atoms with E-state index >= 15 is 0 Å². The molecule has 3 nitrogen and oxygen atoms in total. The molecule has 0 bridgehead atoms. The van der Waals surface area contributed by atoms with E-state index in [1.54, 1.807) is 6.92 Å². The van der Waals surface area contributed by atoms with E-state index in [9.17, 15) is 9.59 Å². The minimum atomic E-state index is -0.227. The minimum Gasteiger partial charge on any atom is -0.459 e. The Balaban J connectivity index is 1.58. The van der Waals surface area contributed by atoms with Crippen molar-refractivity contribution in [2.24, 2.45) is 34.5 Å². The van der Waals surface area contributed by atoms with Crippen molar-refractivity contribution in [3.8, 4) is 0 Å². The lowest BCUT2D eigenvalue weighted by atomic mass is 9.44. The highest BCUT2D eigenvalue weighted by molar-refractivity contribution is 5.87. The van der Waals surface area contributed by atoms with E-state index in [4.69, 9.17) is 4.74 Å². The topological polar surface area (TPSA) is 43.4 Å². The van der Waals surface area contributed by atoms with Crippen molar-refractivity contribution in [3.63, 3.8) is 0 Å². The quantitative estimate of drug-likeness (QED) is 0.627. The minimum absolute atomic E-state index is 0.0239. The average Bonchev–Trinajstić information content (AvgIpc) is 2.90. The summed E-state index contributed by atoms with van der Waals surface area (Å²) >= 11 is 0. The molecule has 0 aliphatic heterocycles. The molecule has 4 aliphatic carbocycles. The van der Waals surface area contributed by atoms with Gasteiger partial charge in [-0.2, -0.15) is 0 Å². The van der Waals surface area contributed by atoms with Gasteiger partial charge in [0.05, 0.1) is 0 Å². The van der Waals surface area contributed by atoms with Crippen LogP contribution < -0.4 is 0 Å². The van der Waals surface area contributed by atoms with Crippen LogP contribution in [-0.2, 0) is 14.3 Å². The molecule has 4 saturated carbocycles. The van der Waals surface area contributed by atoms with Gasteiger partial charge in [-0.3, -0.25) is 9.59 Å². The Labute approximate surface area is 158 Å². The summed E-state index contributed by atoms with van der Waals surface area (Å²) in [5.41, 5.74) is 0.119. The van der Waals surface area contributed by atoms with Gasteiger partial charge in [0.15, 0.2) is 0 Å². The molecule has 0 aromatic rings. The number of hydrogen-bond acceptors (Lipinski definition) is 3. The molecule has 0 aromatic heterocycles. The molecule has 4 fully saturated rings. The lowest BCUT2D eigenvalue weighted by Gasteiger charge is -2.61. The zero-order valence-corrected chi connectivity index (χ0v) is 17.1. The largest absolute Gasteiger partial charge is 0.459 e. The molecule has 0 heterocycles. The van der Waals surface area contributed by atoms with Gasteiger partial charge in [-0.05, 0) is 86.9 Å². The Morgan fingerprint density at radius 3 is 2.54 bits per heavy atom. The van der Waals surface area contributed by atoms with Gasteiger partial charge >= 0.3 is 5.97 Å². The van der Waals surface area contributed by atoms with E-state index in [1.165, 1.54) is 25.7 Å². The molecule has 0 unspecified atom stereocenters. The van der Waals surface area contributed by atoms with Crippen LogP contribution >= 0.6 is 0 Å². The highest BCUT2D eigenvalue weighted by atomic mass is 16.6. The number of carbonyl (C=O) groups excluding carboxylic acids is 2. The third-order valence-electron chi connectivity index (χ3n) is 9.52. The van der Waals surface area contributed by atoms with Crippen LogP contribution in [0.15, 0.2) is 0 Å². The van der Waals surface area contributed by atoms with Crippen LogP contribution in [0.2, 0.25) is 0 Å². The van der Waals surface area contributed by atoms with E-state index < -0.39 is 0 Å². The maximum absolute atomic E-state index is 12.5. The van der Waals surface area contributed by atoms with Crippen LogP contribution in [0, 0.1) is 34.5 Å². The van der Waals surface area contributed by atoms with Crippen molar-refractivity contribution in [1.29, 1.82) is 0 Å². The number of rotatable bonds is 2. The second-order valence-electron chi connectivity index (χ2n) is 10.4. The van der Waals surface area contributed by atoms with Gasteiger partial charge in [-0.1, -0.05) is 20.8 Å².